The van der Waals surface area contributed by atoms with E-state index < -0.39 is 24.0 Å². The van der Waals surface area contributed by atoms with Gasteiger partial charge in [-0.2, -0.15) is 5.26 Å². The maximum absolute atomic E-state index is 11.9. The highest BCUT2D eigenvalue weighted by molar-refractivity contribution is 5.89. The third-order valence-electron chi connectivity index (χ3n) is 4.21. The van der Waals surface area contributed by atoms with E-state index in [-0.39, 0.29) is 0 Å². The average Bonchev–Trinajstić information content (AvgIpc) is 3.13. The summed E-state index contributed by atoms with van der Waals surface area (Å²) in [6.45, 7) is -0.418. The largest absolute Gasteiger partial charge is 0.493 e. The fourth-order valence-electron chi connectivity index (χ4n) is 2.85. The Morgan fingerprint density at radius 2 is 1.92 bits per heavy atom. The van der Waals surface area contributed by atoms with Crippen LogP contribution in [-0.2, 0) is 14.3 Å². The summed E-state index contributed by atoms with van der Waals surface area (Å²) >= 11 is 0. The summed E-state index contributed by atoms with van der Waals surface area (Å²) in [5, 5.41) is 11.9. The van der Waals surface area contributed by atoms with E-state index in [1.807, 2.05) is 0 Å². The van der Waals surface area contributed by atoms with Crippen LogP contribution >= 0.6 is 0 Å². The van der Waals surface area contributed by atoms with E-state index in [9.17, 15) is 14.9 Å². The lowest BCUT2D eigenvalue weighted by atomic mass is 10.00. The van der Waals surface area contributed by atoms with Crippen molar-refractivity contribution in [1.82, 2.24) is 5.32 Å². The van der Waals surface area contributed by atoms with E-state index in [4.69, 9.17) is 14.2 Å². The fraction of sp³-hybridized carbons (Fsp3) is 0.421. The molecule has 1 saturated carbocycles. The molecule has 0 spiro atoms. The molecule has 1 aromatic rings. The molecule has 1 amide bonds. The van der Waals surface area contributed by atoms with Crippen molar-refractivity contribution in [2.24, 2.45) is 0 Å². The number of methoxy groups -OCH3 is 2. The van der Waals surface area contributed by atoms with E-state index in [1.54, 1.807) is 24.3 Å². The zero-order chi connectivity index (χ0) is 19.0. The summed E-state index contributed by atoms with van der Waals surface area (Å²) in [5.74, 6) is 0.0108. The third kappa shape index (κ3) is 4.99. The Bertz CT molecular complexity index is 730. The molecule has 0 atom stereocenters. The summed E-state index contributed by atoms with van der Waals surface area (Å²) < 4.78 is 15.3. The number of amides is 1. The maximum atomic E-state index is 11.9. The van der Waals surface area contributed by atoms with Crippen molar-refractivity contribution < 1.29 is 23.8 Å². The topological polar surface area (TPSA) is 97.6 Å². The van der Waals surface area contributed by atoms with Crippen LogP contribution in [0.1, 0.15) is 31.2 Å². The van der Waals surface area contributed by atoms with Crippen LogP contribution in [0, 0.1) is 11.3 Å². The van der Waals surface area contributed by atoms with Gasteiger partial charge in [0.05, 0.1) is 20.3 Å². The Balaban J connectivity index is 1.85. The summed E-state index contributed by atoms with van der Waals surface area (Å²) in [5.41, 5.74) is -0.0997. The molecule has 1 aliphatic carbocycles. The van der Waals surface area contributed by atoms with Gasteiger partial charge in [0.25, 0.3) is 5.91 Å². The monoisotopic (exact) mass is 358 g/mol. The molecular formula is C19H22N2O5. The van der Waals surface area contributed by atoms with Crippen LogP contribution in [0.25, 0.3) is 6.08 Å². The van der Waals surface area contributed by atoms with Crippen molar-refractivity contribution in [1.29, 1.82) is 5.26 Å². The number of hydrogen-bond acceptors (Lipinski definition) is 6. The second-order valence-corrected chi connectivity index (χ2v) is 6.00. The number of nitrogens with one attached hydrogen (secondary N) is 1. The van der Waals surface area contributed by atoms with E-state index in [1.165, 1.54) is 20.3 Å². The Morgan fingerprint density at radius 3 is 2.54 bits per heavy atom. The molecule has 0 bridgehead atoms. The van der Waals surface area contributed by atoms with Crippen molar-refractivity contribution in [2.75, 3.05) is 20.8 Å². The number of nitriles is 1. The van der Waals surface area contributed by atoms with Gasteiger partial charge in [0.15, 0.2) is 18.1 Å². The summed E-state index contributed by atoms with van der Waals surface area (Å²) in [6, 6.07) is 7.35. The van der Waals surface area contributed by atoms with Crippen LogP contribution in [-0.4, -0.2) is 38.2 Å². The number of carbonyl (C=O) groups is 2. The molecule has 1 aromatic carbocycles. The molecule has 26 heavy (non-hydrogen) atoms. The highest BCUT2D eigenvalue weighted by Crippen LogP contribution is 2.29. The summed E-state index contributed by atoms with van der Waals surface area (Å²) in [7, 11) is 3.06. The Kier molecular flexibility index (Phi) is 6.61. The van der Waals surface area contributed by atoms with E-state index in [0.717, 1.165) is 18.4 Å². The highest BCUT2D eigenvalue weighted by Gasteiger charge is 2.35. The molecular weight excluding hydrogens is 336 g/mol. The molecule has 7 nitrogen and oxygen atoms in total. The van der Waals surface area contributed by atoms with Gasteiger partial charge in [-0.15, -0.1) is 0 Å². The van der Waals surface area contributed by atoms with Crippen LogP contribution in [0.3, 0.4) is 0 Å². The van der Waals surface area contributed by atoms with Gasteiger partial charge in [0.2, 0.25) is 0 Å². The van der Waals surface area contributed by atoms with Crippen LogP contribution in [0.2, 0.25) is 0 Å². The van der Waals surface area contributed by atoms with Crippen LogP contribution < -0.4 is 14.8 Å². The first kappa shape index (κ1) is 19.3. The minimum Gasteiger partial charge on any atom is -0.493 e. The lowest BCUT2D eigenvalue weighted by molar-refractivity contribution is -0.144. The number of carbonyl (C=O) groups excluding carboxylic acids is 2. The highest BCUT2D eigenvalue weighted by atomic mass is 16.5. The molecule has 138 valence electrons. The predicted octanol–water partition coefficient (Wildman–Crippen LogP) is 2.21. The number of esters is 1. The van der Waals surface area contributed by atoms with Crippen molar-refractivity contribution in [3.05, 3.63) is 29.8 Å². The molecule has 1 N–H and O–H groups in total. The van der Waals surface area contributed by atoms with Gasteiger partial charge in [0, 0.05) is 6.08 Å². The van der Waals surface area contributed by atoms with Crippen molar-refractivity contribution in [2.45, 2.75) is 31.2 Å². The molecule has 2 rings (SSSR count). The number of nitrogens with zero attached hydrogens (tertiary/aromatic N) is 1. The lowest BCUT2D eigenvalue weighted by Gasteiger charge is -2.21. The first-order chi connectivity index (χ1) is 12.5. The molecule has 0 saturated heterocycles. The number of rotatable bonds is 7. The SMILES string of the molecule is COc1ccc(/C=C/C(=O)OCC(=O)NC2(C#N)CCCC2)cc1OC. The average molecular weight is 358 g/mol. The number of ether oxygens (including phenoxy) is 3. The van der Waals surface area contributed by atoms with E-state index in [2.05, 4.69) is 11.4 Å². The van der Waals surface area contributed by atoms with Crippen LogP contribution in [0.4, 0.5) is 0 Å². The smallest absolute Gasteiger partial charge is 0.331 e. The van der Waals surface area contributed by atoms with Crippen molar-refractivity contribution in [3.8, 4) is 17.6 Å². The Labute approximate surface area is 152 Å². The molecule has 0 aliphatic heterocycles. The first-order valence-electron chi connectivity index (χ1n) is 8.31. The van der Waals surface area contributed by atoms with Gasteiger partial charge in [0.1, 0.15) is 5.54 Å². The van der Waals surface area contributed by atoms with Crippen molar-refractivity contribution in [3.63, 3.8) is 0 Å². The standard InChI is InChI=1S/C19H22N2O5/c1-24-15-7-5-14(11-16(15)25-2)6-8-18(23)26-12-17(22)21-19(13-20)9-3-4-10-19/h5-8,11H,3-4,9-10,12H2,1-2H3,(H,21,22)/b8-6+. The van der Waals surface area contributed by atoms with E-state index in [0.29, 0.717) is 24.3 Å². The molecule has 0 unspecified atom stereocenters. The van der Waals surface area contributed by atoms with Gasteiger partial charge < -0.3 is 19.5 Å². The fourth-order valence-corrected chi connectivity index (χ4v) is 2.85. The van der Waals surface area contributed by atoms with Crippen LogP contribution in [0.15, 0.2) is 24.3 Å². The molecule has 0 heterocycles. The number of benzene rings is 1. The molecule has 0 radical (unpaired) electrons. The van der Waals surface area contributed by atoms with Gasteiger partial charge >= 0.3 is 5.97 Å². The normalized spacial score (nSPS) is 15.3. The van der Waals surface area contributed by atoms with E-state index >= 15 is 0 Å². The van der Waals surface area contributed by atoms with Gasteiger partial charge in [-0.25, -0.2) is 4.79 Å². The minimum atomic E-state index is -0.820. The molecule has 1 aliphatic rings. The second kappa shape index (κ2) is 8.90. The zero-order valence-electron chi connectivity index (χ0n) is 14.9. The van der Waals surface area contributed by atoms with Gasteiger partial charge in [-0.3, -0.25) is 4.79 Å². The number of hydrogen-bond donors (Lipinski definition) is 1. The Morgan fingerprint density at radius 1 is 1.23 bits per heavy atom. The molecule has 0 aromatic heterocycles. The minimum absolute atomic E-state index is 0.418. The second-order valence-electron chi connectivity index (χ2n) is 6.00. The predicted molar refractivity (Wildman–Crippen MR) is 94.5 cm³/mol. The zero-order valence-corrected chi connectivity index (χ0v) is 14.9. The molecule has 7 heteroatoms. The third-order valence-corrected chi connectivity index (χ3v) is 4.21. The van der Waals surface area contributed by atoms with Crippen molar-refractivity contribution >= 4 is 18.0 Å². The Hall–Kier alpha value is -3.01. The quantitative estimate of drug-likeness (QED) is 0.593. The summed E-state index contributed by atoms with van der Waals surface area (Å²) in [4.78, 5) is 23.7. The first-order valence-corrected chi connectivity index (χ1v) is 8.31. The van der Waals surface area contributed by atoms with Crippen LogP contribution in [0.5, 0.6) is 11.5 Å². The molecule has 1 fully saturated rings. The lowest BCUT2D eigenvalue weighted by Crippen LogP contribution is -2.46. The summed E-state index contributed by atoms with van der Waals surface area (Å²) in [6.07, 6.45) is 5.84. The van der Waals surface area contributed by atoms with Gasteiger partial charge in [-0.05, 0) is 49.5 Å². The van der Waals surface area contributed by atoms with Gasteiger partial charge in [-0.1, -0.05) is 6.07 Å². The maximum Gasteiger partial charge on any atom is 0.331 e.